The largest absolute Gasteiger partial charge is 0.495 e. The lowest BCUT2D eigenvalue weighted by Crippen LogP contribution is -2.29. The molecule has 142 valence electrons. The number of nitrogens with zero attached hydrogens (tertiary/aromatic N) is 1. The van der Waals surface area contributed by atoms with E-state index in [1.807, 2.05) is 6.07 Å². The third kappa shape index (κ3) is 4.47. The van der Waals surface area contributed by atoms with Crippen LogP contribution in [0, 0.1) is 5.82 Å². The molecule has 0 spiro atoms. The first-order chi connectivity index (χ1) is 12.9. The van der Waals surface area contributed by atoms with Crippen molar-refractivity contribution in [1.82, 2.24) is 9.71 Å². The van der Waals surface area contributed by atoms with Crippen LogP contribution in [0.4, 0.5) is 10.1 Å². The molecular weight excluding hydrogens is 393 g/mol. The van der Waals surface area contributed by atoms with Crippen molar-refractivity contribution in [3.05, 3.63) is 59.5 Å². The van der Waals surface area contributed by atoms with Crippen LogP contribution < -0.4 is 14.8 Å². The molecule has 6 nitrogen and oxygen atoms in total. The van der Waals surface area contributed by atoms with E-state index < -0.39 is 15.8 Å². The zero-order chi connectivity index (χ0) is 19.4. The van der Waals surface area contributed by atoms with E-state index in [1.165, 1.54) is 13.2 Å². The van der Waals surface area contributed by atoms with Crippen molar-refractivity contribution >= 4 is 38.2 Å². The van der Waals surface area contributed by atoms with E-state index in [2.05, 4.69) is 15.0 Å². The van der Waals surface area contributed by atoms with Crippen molar-refractivity contribution in [2.45, 2.75) is 4.90 Å². The molecule has 0 fully saturated rings. The second-order valence-electron chi connectivity index (χ2n) is 5.64. The molecule has 0 aliphatic rings. The molecule has 0 bridgehead atoms. The van der Waals surface area contributed by atoms with E-state index in [9.17, 15) is 12.8 Å². The normalized spacial score (nSPS) is 11.5. The van der Waals surface area contributed by atoms with Gasteiger partial charge in [0.1, 0.15) is 16.5 Å². The maximum absolute atomic E-state index is 13.4. The van der Waals surface area contributed by atoms with Crippen molar-refractivity contribution in [3.8, 4) is 5.75 Å². The number of nitrogens with one attached hydrogen (secondary N) is 2. The number of halogens is 2. The van der Waals surface area contributed by atoms with Gasteiger partial charge in [-0.3, -0.25) is 4.98 Å². The molecule has 0 atom stereocenters. The van der Waals surface area contributed by atoms with Gasteiger partial charge in [-0.2, -0.15) is 0 Å². The van der Waals surface area contributed by atoms with Crippen LogP contribution in [0.25, 0.3) is 10.9 Å². The fourth-order valence-corrected chi connectivity index (χ4v) is 3.97. The summed E-state index contributed by atoms with van der Waals surface area (Å²) >= 11 is 5.97. The second kappa shape index (κ2) is 8.08. The zero-order valence-electron chi connectivity index (χ0n) is 14.4. The van der Waals surface area contributed by atoms with Crippen LogP contribution >= 0.6 is 11.6 Å². The molecule has 3 aromatic rings. The van der Waals surface area contributed by atoms with Gasteiger partial charge in [0.05, 0.1) is 12.6 Å². The number of sulfonamides is 1. The minimum atomic E-state index is -3.91. The molecule has 27 heavy (non-hydrogen) atoms. The van der Waals surface area contributed by atoms with E-state index in [0.29, 0.717) is 11.6 Å². The molecule has 0 saturated heterocycles. The summed E-state index contributed by atoms with van der Waals surface area (Å²) in [6.45, 7) is 0.415. The van der Waals surface area contributed by atoms with Gasteiger partial charge in [0, 0.05) is 35.4 Å². The van der Waals surface area contributed by atoms with E-state index >= 15 is 0 Å². The number of ether oxygens (including phenoxy) is 1. The van der Waals surface area contributed by atoms with E-state index in [-0.39, 0.29) is 17.2 Å². The third-order valence-corrected chi connectivity index (χ3v) is 5.57. The quantitative estimate of drug-likeness (QED) is 0.584. The number of methoxy groups -OCH3 is 1. The average molecular weight is 410 g/mol. The number of pyridine rings is 1. The fourth-order valence-electron chi connectivity index (χ4n) is 2.60. The molecule has 2 N–H and O–H groups in total. The van der Waals surface area contributed by atoms with Crippen LogP contribution in [0.3, 0.4) is 0 Å². The Morgan fingerprint density at radius 3 is 2.74 bits per heavy atom. The minimum Gasteiger partial charge on any atom is -0.495 e. The lowest BCUT2D eigenvalue weighted by Gasteiger charge is -2.12. The van der Waals surface area contributed by atoms with Crippen LogP contribution in [0.1, 0.15) is 0 Å². The molecule has 0 amide bonds. The Labute approximate surface area is 161 Å². The summed E-state index contributed by atoms with van der Waals surface area (Å²) in [4.78, 5) is 4.01. The topological polar surface area (TPSA) is 80.3 Å². The Kier molecular flexibility index (Phi) is 5.79. The smallest absolute Gasteiger partial charge is 0.244 e. The minimum absolute atomic E-state index is 0.0777. The van der Waals surface area contributed by atoms with E-state index in [4.69, 9.17) is 16.3 Å². The number of aromatic nitrogens is 1. The van der Waals surface area contributed by atoms with Crippen molar-refractivity contribution < 1.29 is 17.5 Å². The van der Waals surface area contributed by atoms with Crippen molar-refractivity contribution in [1.29, 1.82) is 0 Å². The first kappa shape index (κ1) is 19.3. The zero-order valence-corrected chi connectivity index (χ0v) is 15.9. The van der Waals surface area contributed by atoms with Crippen molar-refractivity contribution in [2.75, 3.05) is 25.5 Å². The van der Waals surface area contributed by atoms with Crippen molar-refractivity contribution in [3.63, 3.8) is 0 Å². The Hall–Kier alpha value is -2.42. The highest BCUT2D eigenvalue weighted by molar-refractivity contribution is 7.89. The van der Waals surface area contributed by atoms with Gasteiger partial charge in [0.15, 0.2) is 0 Å². The molecular formula is C18H17ClFN3O3S. The summed E-state index contributed by atoms with van der Waals surface area (Å²) in [7, 11) is -2.58. The highest BCUT2D eigenvalue weighted by Crippen LogP contribution is 2.25. The number of benzene rings is 2. The third-order valence-electron chi connectivity index (χ3n) is 3.85. The summed E-state index contributed by atoms with van der Waals surface area (Å²) in [5.74, 6) is -0.579. The molecule has 2 aromatic carbocycles. The van der Waals surface area contributed by atoms with Gasteiger partial charge in [-0.05, 0) is 42.5 Å². The van der Waals surface area contributed by atoms with Crippen LogP contribution in [-0.4, -0.2) is 33.6 Å². The summed E-state index contributed by atoms with van der Waals surface area (Å²) in [6.07, 6.45) is 1.64. The number of fused-ring (bicyclic) bond motifs is 1. The summed E-state index contributed by atoms with van der Waals surface area (Å²) in [6, 6.07) is 10.5. The molecule has 1 aromatic heterocycles. The molecule has 3 rings (SSSR count). The molecule has 0 saturated carbocycles. The summed E-state index contributed by atoms with van der Waals surface area (Å²) < 4.78 is 45.7. The standard InChI is InChI=1S/C18H17ClFN3O3S/c1-26-17-5-3-13(20)11-18(17)27(24,25)23-9-8-22-15-6-7-21-16-10-12(19)2-4-14(15)16/h2-7,10-11,23H,8-9H2,1H3,(H,21,22). The lowest BCUT2D eigenvalue weighted by atomic mass is 10.2. The molecule has 0 aliphatic heterocycles. The van der Waals surface area contributed by atoms with Gasteiger partial charge in [-0.25, -0.2) is 17.5 Å². The Morgan fingerprint density at radius 2 is 1.96 bits per heavy atom. The Morgan fingerprint density at radius 1 is 1.15 bits per heavy atom. The molecule has 0 radical (unpaired) electrons. The van der Waals surface area contributed by atoms with Crippen LogP contribution in [0.2, 0.25) is 5.02 Å². The first-order valence-corrected chi connectivity index (χ1v) is 9.88. The summed E-state index contributed by atoms with van der Waals surface area (Å²) in [5.41, 5.74) is 1.54. The van der Waals surface area contributed by atoms with Gasteiger partial charge < -0.3 is 10.1 Å². The van der Waals surface area contributed by atoms with E-state index in [1.54, 1.807) is 24.4 Å². The van der Waals surface area contributed by atoms with Gasteiger partial charge in [0.2, 0.25) is 10.0 Å². The Balaban J connectivity index is 1.68. The SMILES string of the molecule is COc1ccc(F)cc1S(=O)(=O)NCCNc1ccnc2cc(Cl)ccc12. The van der Waals surface area contributed by atoms with Crippen LogP contribution in [0.5, 0.6) is 5.75 Å². The van der Waals surface area contributed by atoms with Gasteiger partial charge in [0.25, 0.3) is 0 Å². The first-order valence-electron chi connectivity index (χ1n) is 8.02. The highest BCUT2D eigenvalue weighted by Gasteiger charge is 2.19. The predicted molar refractivity (Wildman–Crippen MR) is 103 cm³/mol. The van der Waals surface area contributed by atoms with Gasteiger partial charge in [-0.15, -0.1) is 0 Å². The van der Waals surface area contributed by atoms with Gasteiger partial charge >= 0.3 is 0 Å². The maximum atomic E-state index is 13.4. The lowest BCUT2D eigenvalue weighted by molar-refractivity contribution is 0.400. The number of anilines is 1. The number of rotatable bonds is 7. The number of hydrogen-bond donors (Lipinski definition) is 2. The van der Waals surface area contributed by atoms with E-state index in [0.717, 1.165) is 28.7 Å². The fraction of sp³-hybridized carbons (Fsp3) is 0.167. The molecule has 1 heterocycles. The second-order valence-corrected chi connectivity index (χ2v) is 7.81. The van der Waals surface area contributed by atoms with Gasteiger partial charge in [-0.1, -0.05) is 11.6 Å². The maximum Gasteiger partial charge on any atom is 0.244 e. The molecule has 0 aliphatic carbocycles. The van der Waals surface area contributed by atoms with Crippen LogP contribution in [-0.2, 0) is 10.0 Å². The van der Waals surface area contributed by atoms with Crippen molar-refractivity contribution in [2.24, 2.45) is 0 Å². The monoisotopic (exact) mass is 409 g/mol. The molecule has 9 heteroatoms. The summed E-state index contributed by atoms with van der Waals surface area (Å²) in [5, 5.41) is 4.61. The number of hydrogen-bond acceptors (Lipinski definition) is 5. The highest BCUT2D eigenvalue weighted by atomic mass is 35.5. The molecule has 0 unspecified atom stereocenters. The average Bonchev–Trinajstić information content (AvgIpc) is 2.65. The Bertz CT molecular complexity index is 1080. The van der Waals surface area contributed by atoms with Crippen LogP contribution in [0.15, 0.2) is 53.6 Å². The predicted octanol–water partition coefficient (Wildman–Crippen LogP) is 3.43.